The zero-order valence-electron chi connectivity index (χ0n) is 17.3. The third kappa shape index (κ3) is 4.16. The third-order valence-electron chi connectivity index (χ3n) is 6.44. The number of ether oxygens (including phenoxy) is 1. The van der Waals surface area contributed by atoms with Gasteiger partial charge in [0.15, 0.2) is 0 Å². The van der Waals surface area contributed by atoms with E-state index in [9.17, 15) is 9.59 Å². The number of nitrogens with zero attached hydrogens (tertiary/aromatic N) is 3. The summed E-state index contributed by atoms with van der Waals surface area (Å²) >= 11 is 0. The van der Waals surface area contributed by atoms with E-state index in [0.29, 0.717) is 30.5 Å². The van der Waals surface area contributed by atoms with Gasteiger partial charge in [0.1, 0.15) is 0 Å². The molecular formula is C23H28N4O3. The van der Waals surface area contributed by atoms with Gasteiger partial charge in [0.25, 0.3) is 5.91 Å². The van der Waals surface area contributed by atoms with Gasteiger partial charge in [-0.15, -0.1) is 0 Å². The first-order valence-electron chi connectivity index (χ1n) is 10.3. The minimum atomic E-state index is -0.301. The summed E-state index contributed by atoms with van der Waals surface area (Å²) in [6.45, 7) is 3.24. The first kappa shape index (κ1) is 20.3. The van der Waals surface area contributed by atoms with E-state index in [4.69, 9.17) is 10.5 Å². The van der Waals surface area contributed by atoms with E-state index in [1.54, 1.807) is 25.4 Å². The second kappa shape index (κ2) is 8.44. The molecule has 30 heavy (non-hydrogen) atoms. The van der Waals surface area contributed by atoms with Crippen LogP contribution >= 0.6 is 0 Å². The summed E-state index contributed by atoms with van der Waals surface area (Å²) in [4.78, 5) is 32.8. The van der Waals surface area contributed by atoms with Gasteiger partial charge >= 0.3 is 0 Å². The van der Waals surface area contributed by atoms with Crippen LogP contribution in [0.3, 0.4) is 0 Å². The van der Waals surface area contributed by atoms with Gasteiger partial charge in [-0.05, 0) is 30.4 Å². The molecular weight excluding hydrogens is 380 g/mol. The highest BCUT2D eigenvalue weighted by Gasteiger charge is 2.53. The second-order valence-electron chi connectivity index (χ2n) is 8.46. The van der Waals surface area contributed by atoms with Crippen molar-refractivity contribution in [1.29, 1.82) is 0 Å². The van der Waals surface area contributed by atoms with E-state index in [1.807, 2.05) is 11.0 Å². The summed E-state index contributed by atoms with van der Waals surface area (Å²) in [6, 6.07) is 13.9. The van der Waals surface area contributed by atoms with Crippen LogP contribution in [-0.4, -0.2) is 66.4 Å². The topological polar surface area (TPSA) is 88.8 Å². The van der Waals surface area contributed by atoms with Crippen LogP contribution in [0, 0.1) is 11.3 Å². The van der Waals surface area contributed by atoms with Crippen molar-refractivity contribution in [3.63, 3.8) is 0 Å². The number of rotatable bonds is 7. The van der Waals surface area contributed by atoms with Crippen LogP contribution in [0.2, 0.25) is 0 Å². The number of carbonyl (C=O) groups excluding carboxylic acids is 2. The highest BCUT2D eigenvalue weighted by atomic mass is 16.5. The quantitative estimate of drug-likeness (QED) is 0.752. The molecule has 0 unspecified atom stereocenters. The number of carbonyl (C=O) groups is 2. The van der Waals surface area contributed by atoms with E-state index in [2.05, 4.69) is 34.1 Å². The SMILES string of the molecule is COc1ccc(C(=O)N2C[C@@H]3CN(CC(N)=O)C[C@]3(CCc3ccccc3)C2)cn1. The molecule has 0 aliphatic carbocycles. The number of methoxy groups -OCH3 is 1. The zero-order chi connectivity index (χ0) is 21.1. The number of primary amides is 1. The average Bonchev–Trinajstić information content (AvgIpc) is 3.26. The van der Waals surface area contributed by atoms with Crippen molar-refractivity contribution in [2.45, 2.75) is 12.8 Å². The number of aromatic nitrogens is 1. The zero-order valence-corrected chi connectivity index (χ0v) is 17.3. The Morgan fingerprint density at radius 3 is 2.63 bits per heavy atom. The lowest BCUT2D eigenvalue weighted by Gasteiger charge is -2.29. The lowest BCUT2D eigenvalue weighted by Crippen LogP contribution is -2.39. The van der Waals surface area contributed by atoms with E-state index < -0.39 is 0 Å². The minimum Gasteiger partial charge on any atom is -0.481 e. The molecule has 3 heterocycles. The Bertz CT molecular complexity index is 902. The number of hydrogen-bond acceptors (Lipinski definition) is 5. The predicted molar refractivity (Wildman–Crippen MR) is 113 cm³/mol. The van der Waals surface area contributed by atoms with Crippen LogP contribution in [0.4, 0.5) is 0 Å². The highest BCUT2D eigenvalue weighted by molar-refractivity contribution is 5.94. The number of amides is 2. The number of nitrogens with two attached hydrogens (primary N) is 1. The second-order valence-corrected chi connectivity index (χ2v) is 8.46. The fraction of sp³-hybridized carbons (Fsp3) is 0.435. The van der Waals surface area contributed by atoms with E-state index >= 15 is 0 Å². The van der Waals surface area contributed by atoms with E-state index in [0.717, 1.165) is 25.9 Å². The Morgan fingerprint density at radius 2 is 1.97 bits per heavy atom. The molecule has 2 aliphatic heterocycles. The number of hydrogen-bond donors (Lipinski definition) is 1. The van der Waals surface area contributed by atoms with Gasteiger partial charge in [0, 0.05) is 43.9 Å². The lowest BCUT2D eigenvalue weighted by atomic mass is 9.76. The Labute approximate surface area is 176 Å². The van der Waals surface area contributed by atoms with Crippen molar-refractivity contribution in [2.75, 3.05) is 39.8 Å². The Kier molecular flexibility index (Phi) is 5.72. The molecule has 2 saturated heterocycles. The molecule has 2 aliphatic rings. The smallest absolute Gasteiger partial charge is 0.255 e. The summed E-state index contributed by atoms with van der Waals surface area (Å²) < 4.78 is 5.09. The van der Waals surface area contributed by atoms with Crippen LogP contribution in [0.15, 0.2) is 48.7 Å². The monoisotopic (exact) mass is 408 g/mol. The van der Waals surface area contributed by atoms with Gasteiger partial charge in [-0.3, -0.25) is 14.5 Å². The molecule has 0 spiro atoms. The molecule has 158 valence electrons. The van der Waals surface area contributed by atoms with Crippen molar-refractivity contribution in [1.82, 2.24) is 14.8 Å². The average molecular weight is 409 g/mol. The summed E-state index contributed by atoms with van der Waals surface area (Å²) in [6.07, 6.45) is 3.50. The third-order valence-corrected chi connectivity index (χ3v) is 6.44. The van der Waals surface area contributed by atoms with E-state index in [1.165, 1.54) is 5.56 Å². The molecule has 2 N–H and O–H groups in total. The number of aryl methyl sites for hydroxylation is 1. The van der Waals surface area contributed by atoms with Gasteiger partial charge < -0.3 is 15.4 Å². The molecule has 2 aromatic rings. The standard InChI is InChI=1S/C23H28N4O3/c1-30-21-8-7-18(11-25-21)22(29)27-13-19-12-26(14-20(24)28)15-23(19,16-27)10-9-17-5-3-2-4-6-17/h2-8,11,19H,9-10,12-16H2,1H3,(H2,24,28)/t19-,23+/m0/s1. The van der Waals surface area contributed by atoms with Crippen LogP contribution in [0.25, 0.3) is 0 Å². The first-order valence-corrected chi connectivity index (χ1v) is 10.3. The number of benzene rings is 1. The highest BCUT2D eigenvalue weighted by Crippen LogP contribution is 2.46. The van der Waals surface area contributed by atoms with Crippen molar-refractivity contribution in [3.05, 3.63) is 59.8 Å². The Morgan fingerprint density at radius 1 is 1.17 bits per heavy atom. The summed E-state index contributed by atoms with van der Waals surface area (Å²) in [5.74, 6) is 0.521. The van der Waals surface area contributed by atoms with Crippen LogP contribution in [-0.2, 0) is 11.2 Å². The number of pyridine rings is 1. The largest absolute Gasteiger partial charge is 0.481 e. The first-order chi connectivity index (χ1) is 14.5. The maximum Gasteiger partial charge on any atom is 0.255 e. The molecule has 2 atom stereocenters. The van der Waals surface area contributed by atoms with Crippen LogP contribution in [0.1, 0.15) is 22.3 Å². The van der Waals surface area contributed by atoms with Crippen LogP contribution in [0.5, 0.6) is 5.88 Å². The number of fused-ring (bicyclic) bond motifs is 1. The maximum atomic E-state index is 13.1. The van der Waals surface area contributed by atoms with Gasteiger partial charge in [0.05, 0.1) is 19.2 Å². The van der Waals surface area contributed by atoms with Crippen molar-refractivity contribution in [2.24, 2.45) is 17.1 Å². The summed E-state index contributed by atoms with van der Waals surface area (Å²) in [5.41, 5.74) is 7.28. The summed E-state index contributed by atoms with van der Waals surface area (Å²) in [5, 5.41) is 0. The molecule has 0 saturated carbocycles. The van der Waals surface area contributed by atoms with E-state index in [-0.39, 0.29) is 23.8 Å². The normalized spacial score (nSPS) is 23.4. The fourth-order valence-electron chi connectivity index (χ4n) is 4.99. The molecule has 0 bridgehead atoms. The molecule has 4 rings (SSSR count). The van der Waals surface area contributed by atoms with Crippen molar-refractivity contribution >= 4 is 11.8 Å². The molecule has 7 heteroatoms. The maximum absolute atomic E-state index is 13.1. The molecule has 1 aromatic carbocycles. The number of likely N-dealkylation sites (tertiary alicyclic amines) is 2. The van der Waals surface area contributed by atoms with Crippen molar-refractivity contribution < 1.29 is 14.3 Å². The van der Waals surface area contributed by atoms with Crippen molar-refractivity contribution in [3.8, 4) is 5.88 Å². The van der Waals surface area contributed by atoms with Gasteiger partial charge in [-0.1, -0.05) is 30.3 Å². The molecule has 7 nitrogen and oxygen atoms in total. The molecule has 2 amide bonds. The van der Waals surface area contributed by atoms with Gasteiger partial charge in [-0.2, -0.15) is 0 Å². The Hall–Kier alpha value is -2.93. The predicted octanol–water partition coefficient (Wildman–Crippen LogP) is 1.58. The molecule has 1 aromatic heterocycles. The minimum absolute atomic E-state index is 0.0000837. The lowest BCUT2D eigenvalue weighted by molar-refractivity contribution is -0.119. The van der Waals surface area contributed by atoms with Gasteiger partial charge in [0.2, 0.25) is 11.8 Å². The summed E-state index contributed by atoms with van der Waals surface area (Å²) in [7, 11) is 1.56. The molecule has 0 radical (unpaired) electrons. The fourth-order valence-corrected chi connectivity index (χ4v) is 4.99. The van der Waals surface area contributed by atoms with Gasteiger partial charge in [-0.25, -0.2) is 4.98 Å². The molecule has 2 fully saturated rings. The Balaban J connectivity index is 1.50. The van der Waals surface area contributed by atoms with Crippen LogP contribution < -0.4 is 10.5 Å².